The molecule has 0 saturated heterocycles. The molecule has 2 N–H and O–H groups in total. The summed E-state index contributed by atoms with van der Waals surface area (Å²) in [4.78, 5) is 3.36. The average Bonchev–Trinajstić information content (AvgIpc) is 2.95. The summed E-state index contributed by atoms with van der Waals surface area (Å²) < 4.78 is 25.2. The third-order valence-electron chi connectivity index (χ3n) is 4.32. The summed E-state index contributed by atoms with van der Waals surface area (Å²) in [6.07, 6.45) is 3.83. The van der Waals surface area contributed by atoms with Crippen molar-refractivity contribution in [2.75, 3.05) is 19.8 Å². The lowest BCUT2D eigenvalue weighted by atomic mass is 9.95. The number of rotatable bonds is 5. The Morgan fingerprint density at radius 3 is 2.80 bits per heavy atom. The highest BCUT2D eigenvalue weighted by molar-refractivity contribution is 9.10. The molecule has 1 aromatic heterocycles. The fourth-order valence-corrected chi connectivity index (χ4v) is 6.58. The molecular formula is C13H21BrN2O2S2. The van der Waals surface area contributed by atoms with Gasteiger partial charge in [0.1, 0.15) is 0 Å². The minimum Gasteiger partial charge on any atom is -0.329 e. The van der Waals surface area contributed by atoms with Gasteiger partial charge in [-0.25, -0.2) is 8.42 Å². The largest absolute Gasteiger partial charge is 0.329 e. The van der Waals surface area contributed by atoms with Crippen molar-refractivity contribution < 1.29 is 8.42 Å². The highest BCUT2D eigenvalue weighted by Gasteiger charge is 2.49. The molecule has 0 radical (unpaired) electrons. The Balaban J connectivity index is 2.25. The van der Waals surface area contributed by atoms with Crippen molar-refractivity contribution in [3.63, 3.8) is 0 Å². The minimum absolute atomic E-state index is 0.353. The molecule has 0 amide bonds. The molecule has 2 unspecified atom stereocenters. The molecule has 2 rings (SSSR count). The van der Waals surface area contributed by atoms with Crippen LogP contribution in [0.25, 0.3) is 0 Å². The van der Waals surface area contributed by atoms with Crippen molar-refractivity contribution in [3.05, 3.63) is 20.8 Å². The van der Waals surface area contributed by atoms with Gasteiger partial charge in [0.05, 0.1) is 5.25 Å². The van der Waals surface area contributed by atoms with E-state index in [1.807, 2.05) is 12.4 Å². The Labute approximate surface area is 133 Å². The lowest BCUT2D eigenvalue weighted by Crippen LogP contribution is -2.58. The van der Waals surface area contributed by atoms with Crippen LogP contribution in [0.2, 0.25) is 0 Å². The number of nitrogens with two attached hydrogens (primary N) is 1. The van der Waals surface area contributed by atoms with Crippen LogP contribution in [0, 0.1) is 0 Å². The lowest BCUT2D eigenvalue weighted by Gasteiger charge is -2.41. The van der Waals surface area contributed by atoms with Crippen LogP contribution in [0.15, 0.2) is 15.9 Å². The second-order valence-electron chi connectivity index (χ2n) is 5.61. The van der Waals surface area contributed by atoms with Crippen molar-refractivity contribution in [1.82, 2.24) is 4.90 Å². The number of hydrogen-bond acceptors (Lipinski definition) is 5. The zero-order chi connectivity index (χ0) is 15.0. The van der Waals surface area contributed by atoms with Crippen LogP contribution in [0.3, 0.4) is 0 Å². The number of thiophene rings is 1. The van der Waals surface area contributed by atoms with E-state index in [9.17, 15) is 8.42 Å². The molecule has 1 fully saturated rings. The Morgan fingerprint density at radius 2 is 2.30 bits per heavy atom. The number of nitrogens with zero attached hydrogens (tertiary/aromatic N) is 1. The van der Waals surface area contributed by atoms with E-state index in [0.717, 1.165) is 23.9 Å². The topological polar surface area (TPSA) is 63.4 Å². The summed E-state index contributed by atoms with van der Waals surface area (Å²) in [6.45, 7) is 1.12. The maximum Gasteiger partial charge on any atom is 0.152 e. The van der Waals surface area contributed by atoms with Gasteiger partial charge in [0.25, 0.3) is 0 Å². The molecule has 4 nitrogen and oxygen atoms in total. The van der Waals surface area contributed by atoms with Crippen molar-refractivity contribution in [3.8, 4) is 0 Å². The molecule has 114 valence electrons. The summed E-state index contributed by atoms with van der Waals surface area (Å²) in [7, 11) is -1.09. The Kier molecular flexibility index (Phi) is 4.96. The van der Waals surface area contributed by atoms with Gasteiger partial charge in [-0.15, -0.1) is 11.3 Å². The summed E-state index contributed by atoms with van der Waals surface area (Å²) in [6, 6.07) is 2.08. The Hall–Kier alpha value is 0.0500. The highest BCUT2D eigenvalue weighted by atomic mass is 79.9. The monoisotopic (exact) mass is 380 g/mol. The SMILES string of the molecule is CN(Cc1cc(Br)cs1)C1(CN)CCCC1S(C)(=O)=O. The van der Waals surface area contributed by atoms with Gasteiger partial charge in [-0.2, -0.15) is 0 Å². The van der Waals surface area contributed by atoms with Crippen LogP contribution >= 0.6 is 27.3 Å². The Morgan fingerprint density at radius 1 is 1.60 bits per heavy atom. The van der Waals surface area contributed by atoms with E-state index in [-0.39, 0.29) is 5.25 Å². The van der Waals surface area contributed by atoms with Crippen LogP contribution in [-0.4, -0.2) is 44.0 Å². The number of hydrogen-bond donors (Lipinski definition) is 1. The second kappa shape index (κ2) is 6.04. The summed E-state index contributed by atoms with van der Waals surface area (Å²) in [5.41, 5.74) is 5.58. The highest BCUT2D eigenvalue weighted by Crippen LogP contribution is 2.39. The van der Waals surface area contributed by atoms with Crippen molar-refractivity contribution in [2.24, 2.45) is 5.73 Å². The molecular weight excluding hydrogens is 360 g/mol. The smallest absolute Gasteiger partial charge is 0.152 e. The maximum atomic E-state index is 12.1. The first-order valence-corrected chi connectivity index (χ1v) is 10.3. The summed E-state index contributed by atoms with van der Waals surface area (Å²) in [5.74, 6) is 0. The van der Waals surface area contributed by atoms with Gasteiger partial charge < -0.3 is 5.73 Å². The van der Waals surface area contributed by atoms with Crippen LogP contribution in [0.1, 0.15) is 24.1 Å². The van der Waals surface area contributed by atoms with E-state index in [1.54, 1.807) is 11.3 Å². The third kappa shape index (κ3) is 3.11. The van der Waals surface area contributed by atoms with Gasteiger partial charge in [0.15, 0.2) is 9.84 Å². The van der Waals surface area contributed by atoms with Gasteiger partial charge in [0.2, 0.25) is 0 Å². The number of likely N-dealkylation sites (N-methyl/N-ethyl adjacent to an activating group) is 1. The molecule has 0 bridgehead atoms. The van der Waals surface area contributed by atoms with Crippen molar-refractivity contribution >= 4 is 37.1 Å². The summed E-state index contributed by atoms with van der Waals surface area (Å²) >= 11 is 5.13. The molecule has 1 aliphatic carbocycles. The Bertz CT molecular complexity index is 573. The predicted molar refractivity (Wildman–Crippen MR) is 87.8 cm³/mol. The van der Waals surface area contributed by atoms with E-state index in [1.165, 1.54) is 11.1 Å². The molecule has 0 spiro atoms. The van der Waals surface area contributed by atoms with E-state index in [0.29, 0.717) is 13.0 Å². The molecule has 20 heavy (non-hydrogen) atoms. The van der Waals surface area contributed by atoms with E-state index in [4.69, 9.17) is 5.73 Å². The lowest BCUT2D eigenvalue weighted by molar-refractivity contribution is 0.127. The number of halogens is 1. The van der Waals surface area contributed by atoms with Crippen molar-refractivity contribution in [1.29, 1.82) is 0 Å². The number of sulfone groups is 1. The average molecular weight is 381 g/mol. The van der Waals surface area contributed by atoms with Gasteiger partial charge in [-0.05, 0) is 41.9 Å². The van der Waals surface area contributed by atoms with E-state index >= 15 is 0 Å². The molecule has 1 aliphatic rings. The van der Waals surface area contributed by atoms with Gasteiger partial charge >= 0.3 is 0 Å². The first kappa shape index (κ1) is 16.4. The quantitative estimate of drug-likeness (QED) is 0.850. The molecule has 2 atom stereocenters. The molecule has 1 heterocycles. The molecule has 7 heteroatoms. The fourth-order valence-electron chi connectivity index (χ4n) is 3.29. The molecule has 0 aliphatic heterocycles. The first-order chi connectivity index (χ1) is 9.29. The standard InChI is InChI=1S/C13H21BrN2O2S2/c1-16(7-11-6-10(14)8-19-11)13(9-15)5-3-4-12(13)20(2,17)18/h6,8,12H,3-5,7,9,15H2,1-2H3. The van der Waals surface area contributed by atoms with Gasteiger partial charge in [0, 0.05) is 39.6 Å². The zero-order valence-corrected chi connectivity index (χ0v) is 15.0. The molecule has 0 aromatic carbocycles. The van der Waals surface area contributed by atoms with Crippen LogP contribution < -0.4 is 5.73 Å². The van der Waals surface area contributed by atoms with Crippen molar-refractivity contribution in [2.45, 2.75) is 36.6 Å². The summed E-state index contributed by atoms with van der Waals surface area (Å²) in [5, 5.41) is 1.69. The van der Waals surface area contributed by atoms with E-state index < -0.39 is 15.4 Å². The van der Waals surface area contributed by atoms with Gasteiger partial charge in [-0.3, -0.25) is 4.90 Å². The molecule has 1 saturated carbocycles. The van der Waals surface area contributed by atoms with Gasteiger partial charge in [-0.1, -0.05) is 6.42 Å². The predicted octanol–water partition coefficient (Wildman–Crippen LogP) is 2.24. The maximum absolute atomic E-state index is 12.1. The second-order valence-corrected chi connectivity index (χ2v) is 9.74. The zero-order valence-electron chi connectivity index (χ0n) is 11.8. The third-order valence-corrected chi connectivity index (χ3v) is 7.71. The normalized spacial score (nSPS) is 27.4. The van der Waals surface area contributed by atoms with E-state index in [2.05, 4.69) is 26.9 Å². The minimum atomic E-state index is -3.08. The van der Waals surface area contributed by atoms with Crippen LogP contribution in [0.5, 0.6) is 0 Å². The fraction of sp³-hybridized carbons (Fsp3) is 0.692. The van der Waals surface area contributed by atoms with Crippen LogP contribution in [0.4, 0.5) is 0 Å². The van der Waals surface area contributed by atoms with Crippen LogP contribution in [-0.2, 0) is 16.4 Å². The molecule has 1 aromatic rings. The first-order valence-electron chi connectivity index (χ1n) is 6.62.